The molecule has 0 unspecified atom stereocenters. The molecule has 1 amide bonds. The molecule has 2 aromatic carbocycles. The first-order valence-electron chi connectivity index (χ1n) is 14.2. The molecule has 2 fully saturated rings. The number of H-pyrrole nitrogens is 2. The number of aliphatic imine (C=N–C) groups is 1. The van der Waals surface area contributed by atoms with Crippen molar-refractivity contribution in [2.75, 3.05) is 20.2 Å². The van der Waals surface area contributed by atoms with Gasteiger partial charge in [0.2, 0.25) is 12.3 Å². The van der Waals surface area contributed by atoms with Gasteiger partial charge in [-0.05, 0) is 61.4 Å². The summed E-state index contributed by atoms with van der Waals surface area (Å²) < 4.78 is 0. The second kappa shape index (κ2) is 12.1. The smallest absolute Gasteiger partial charge is 0.247 e. The van der Waals surface area contributed by atoms with Gasteiger partial charge in [-0.1, -0.05) is 48.5 Å². The van der Waals surface area contributed by atoms with Crippen molar-refractivity contribution < 1.29 is 14.6 Å². The number of hydrogen-bond acceptors (Lipinski definition) is 7. The van der Waals surface area contributed by atoms with Crippen LogP contribution in [0.2, 0.25) is 0 Å². The molecule has 2 aromatic heterocycles. The maximum absolute atomic E-state index is 13.0. The van der Waals surface area contributed by atoms with Gasteiger partial charge < -0.3 is 25.1 Å². The number of imidazole rings is 2. The van der Waals surface area contributed by atoms with Gasteiger partial charge in [0.1, 0.15) is 17.7 Å². The molecule has 4 aromatic rings. The third-order valence-electron chi connectivity index (χ3n) is 7.94. The number of likely N-dealkylation sites (tertiary alicyclic amines) is 1. The molecule has 0 aliphatic carbocycles. The van der Waals surface area contributed by atoms with E-state index in [0.717, 1.165) is 77.5 Å². The lowest BCUT2D eigenvalue weighted by Gasteiger charge is -2.24. The van der Waals surface area contributed by atoms with Crippen LogP contribution in [0.3, 0.4) is 0 Å². The van der Waals surface area contributed by atoms with Crippen molar-refractivity contribution in [3.05, 3.63) is 72.6 Å². The summed E-state index contributed by atoms with van der Waals surface area (Å²) >= 11 is 0. The van der Waals surface area contributed by atoms with Gasteiger partial charge >= 0.3 is 0 Å². The Morgan fingerprint density at radius 1 is 0.927 bits per heavy atom. The molecule has 0 bridgehead atoms. The van der Waals surface area contributed by atoms with Gasteiger partial charge in [-0.25, -0.2) is 15.0 Å². The lowest BCUT2D eigenvalue weighted by atomic mass is 10.0. The highest BCUT2D eigenvalue weighted by molar-refractivity contribution is 5.83. The van der Waals surface area contributed by atoms with E-state index in [-0.39, 0.29) is 11.9 Å². The zero-order valence-electron chi connectivity index (χ0n) is 23.3. The van der Waals surface area contributed by atoms with Gasteiger partial charge in [0, 0.05) is 6.54 Å². The number of nitrogens with zero attached hydrogens (tertiary/aromatic N) is 4. The van der Waals surface area contributed by atoms with Gasteiger partial charge in [-0.2, -0.15) is 4.89 Å². The standard InChI is InChI=1S/C31H35N7O3/c1-20(35-19-41-40-2)31(39)38-16-4-6-28(38)30-34-18-27(37-30)24-13-9-22(10-14-24)21-7-11-23(12-8-21)26-17-33-29(36-26)25-5-3-15-32-25/h7-14,17-20,25,28,32H,3-6,15-16H2,1-2H3,(H,33,36)(H,34,37)/b35-19+/t20-,25-,28-/m0/s1. The topological polar surface area (TPSA) is 121 Å². The normalized spacial score (nSPS) is 19.7. The molecule has 4 heterocycles. The summed E-state index contributed by atoms with van der Waals surface area (Å²) in [5.41, 5.74) is 6.41. The maximum atomic E-state index is 13.0. The summed E-state index contributed by atoms with van der Waals surface area (Å²) in [6.45, 7) is 3.48. The fourth-order valence-electron chi connectivity index (χ4n) is 5.69. The minimum atomic E-state index is -0.562. The van der Waals surface area contributed by atoms with Crippen LogP contribution < -0.4 is 5.32 Å². The summed E-state index contributed by atoms with van der Waals surface area (Å²) in [5, 5.41) is 3.49. The molecule has 212 valence electrons. The molecule has 0 saturated carbocycles. The number of nitrogens with one attached hydrogen (secondary N) is 3. The Labute approximate surface area is 239 Å². The minimum absolute atomic E-state index is 0.0597. The van der Waals surface area contributed by atoms with Crippen molar-refractivity contribution in [1.82, 2.24) is 30.2 Å². The summed E-state index contributed by atoms with van der Waals surface area (Å²) in [4.78, 5) is 44.3. The predicted octanol–water partition coefficient (Wildman–Crippen LogP) is 5.22. The van der Waals surface area contributed by atoms with Crippen LogP contribution in [0.5, 0.6) is 0 Å². The molecule has 10 heteroatoms. The van der Waals surface area contributed by atoms with Crippen molar-refractivity contribution in [2.24, 2.45) is 4.99 Å². The van der Waals surface area contributed by atoms with Crippen molar-refractivity contribution in [3.63, 3.8) is 0 Å². The first kappa shape index (κ1) is 26.9. The van der Waals surface area contributed by atoms with Crippen molar-refractivity contribution in [2.45, 2.75) is 50.7 Å². The van der Waals surface area contributed by atoms with Crippen molar-refractivity contribution in [1.29, 1.82) is 0 Å². The zero-order chi connectivity index (χ0) is 28.2. The SMILES string of the molecule is COO/C=N/[C@@H](C)C(=O)N1CCC[C@H]1c1ncc(-c2ccc(-c3ccc(-c4cnc([C@@H]5CCCN5)[nH]4)cc3)cc2)[nH]1. The van der Waals surface area contributed by atoms with Crippen LogP contribution in [0.15, 0.2) is 65.9 Å². The number of carbonyl (C=O) groups is 1. The quantitative estimate of drug-likeness (QED) is 0.113. The van der Waals surface area contributed by atoms with E-state index >= 15 is 0 Å². The Balaban J connectivity index is 1.12. The van der Waals surface area contributed by atoms with E-state index in [1.54, 1.807) is 6.92 Å². The number of carbonyl (C=O) groups excluding carboxylic acids is 1. The van der Waals surface area contributed by atoms with E-state index in [0.29, 0.717) is 12.6 Å². The number of amides is 1. The summed E-state index contributed by atoms with van der Waals surface area (Å²) in [5.74, 6) is 1.75. The van der Waals surface area contributed by atoms with Crippen LogP contribution in [0.25, 0.3) is 33.6 Å². The first-order valence-corrected chi connectivity index (χ1v) is 14.2. The van der Waals surface area contributed by atoms with E-state index < -0.39 is 6.04 Å². The third-order valence-corrected chi connectivity index (χ3v) is 7.94. The van der Waals surface area contributed by atoms with Gasteiger partial charge in [0.25, 0.3) is 0 Å². The van der Waals surface area contributed by atoms with Crippen LogP contribution in [0, 0.1) is 0 Å². The first-order chi connectivity index (χ1) is 20.1. The lowest BCUT2D eigenvalue weighted by Crippen LogP contribution is -2.37. The Morgan fingerprint density at radius 3 is 2.15 bits per heavy atom. The molecule has 0 spiro atoms. The molecule has 3 N–H and O–H groups in total. The number of aromatic amines is 2. The second-order valence-corrected chi connectivity index (χ2v) is 10.6. The van der Waals surface area contributed by atoms with E-state index in [1.165, 1.54) is 13.5 Å². The van der Waals surface area contributed by atoms with Gasteiger partial charge in [0.15, 0.2) is 0 Å². The molecule has 3 atom stereocenters. The monoisotopic (exact) mass is 553 g/mol. The highest BCUT2D eigenvalue weighted by Gasteiger charge is 2.34. The van der Waals surface area contributed by atoms with Crippen molar-refractivity contribution >= 4 is 12.3 Å². The predicted molar refractivity (Wildman–Crippen MR) is 157 cm³/mol. The van der Waals surface area contributed by atoms with E-state index in [2.05, 4.69) is 88.6 Å². The van der Waals surface area contributed by atoms with E-state index in [1.807, 2.05) is 17.3 Å². The number of rotatable bonds is 9. The Kier molecular flexibility index (Phi) is 7.93. The van der Waals surface area contributed by atoms with Gasteiger partial charge in [0.05, 0.1) is 43.0 Å². The van der Waals surface area contributed by atoms with E-state index in [9.17, 15) is 4.79 Å². The highest BCUT2D eigenvalue weighted by Crippen LogP contribution is 2.33. The average Bonchev–Trinajstić information content (AvgIpc) is 3.83. The largest absolute Gasteiger partial charge is 0.341 e. The van der Waals surface area contributed by atoms with Crippen LogP contribution >= 0.6 is 0 Å². The fraction of sp³-hybridized carbons (Fsp3) is 0.355. The molecule has 0 radical (unpaired) electrons. The maximum Gasteiger partial charge on any atom is 0.247 e. The minimum Gasteiger partial charge on any atom is -0.341 e. The number of aromatic nitrogens is 4. The Morgan fingerprint density at radius 2 is 1.54 bits per heavy atom. The molecular formula is C31H35N7O3. The zero-order valence-corrected chi connectivity index (χ0v) is 23.3. The van der Waals surface area contributed by atoms with Crippen LogP contribution in [-0.2, 0) is 14.6 Å². The molecule has 10 nitrogen and oxygen atoms in total. The molecule has 2 aliphatic heterocycles. The van der Waals surface area contributed by atoms with Gasteiger partial charge in [-0.15, -0.1) is 0 Å². The number of benzene rings is 2. The molecule has 6 rings (SSSR count). The van der Waals surface area contributed by atoms with Gasteiger partial charge in [-0.3, -0.25) is 4.79 Å². The average molecular weight is 554 g/mol. The Bertz CT molecular complexity index is 1490. The number of hydrogen-bond donors (Lipinski definition) is 3. The molecule has 2 saturated heterocycles. The fourth-order valence-corrected chi connectivity index (χ4v) is 5.69. The van der Waals surface area contributed by atoms with Crippen LogP contribution in [0.4, 0.5) is 0 Å². The third kappa shape index (κ3) is 5.79. The lowest BCUT2D eigenvalue weighted by molar-refractivity contribution is -0.188. The van der Waals surface area contributed by atoms with Crippen molar-refractivity contribution in [3.8, 4) is 33.6 Å². The molecule has 2 aliphatic rings. The molecular weight excluding hydrogens is 518 g/mol. The summed E-state index contributed by atoms with van der Waals surface area (Å²) in [6, 6.07) is 16.7. The molecule has 41 heavy (non-hydrogen) atoms. The highest BCUT2D eigenvalue weighted by atomic mass is 17.2. The van der Waals surface area contributed by atoms with Crippen LogP contribution in [0.1, 0.15) is 56.3 Å². The van der Waals surface area contributed by atoms with Crippen LogP contribution in [-0.4, -0.2) is 63.4 Å². The second-order valence-electron chi connectivity index (χ2n) is 10.6. The Hall–Kier alpha value is -4.28. The summed E-state index contributed by atoms with van der Waals surface area (Å²) in [7, 11) is 1.39. The summed E-state index contributed by atoms with van der Waals surface area (Å²) in [6.07, 6.45) is 9.01. The van der Waals surface area contributed by atoms with E-state index in [4.69, 9.17) is 0 Å².